The third kappa shape index (κ3) is 3.61. The molecule has 1 aliphatic heterocycles. The van der Waals surface area contributed by atoms with Crippen molar-refractivity contribution in [1.82, 2.24) is 4.90 Å². The van der Waals surface area contributed by atoms with Gasteiger partial charge in [-0.2, -0.15) is 0 Å². The fourth-order valence-corrected chi connectivity index (χ4v) is 3.77. The van der Waals surface area contributed by atoms with E-state index < -0.39 is 5.41 Å². The molecule has 1 N–H and O–H groups in total. The molecular weight excluding hydrogens is 352 g/mol. The minimum Gasteiger partial charge on any atom is -0.491 e. The fourth-order valence-electron chi connectivity index (χ4n) is 3.77. The van der Waals surface area contributed by atoms with E-state index in [1.54, 1.807) is 0 Å². The van der Waals surface area contributed by atoms with E-state index in [9.17, 15) is 9.59 Å². The van der Waals surface area contributed by atoms with Crippen molar-refractivity contribution in [3.63, 3.8) is 0 Å². The second-order valence-corrected chi connectivity index (χ2v) is 7.97. The predicted molar refractivity (Wildman–Crippen MR) is 108 cm³/mol. The predicted octanol–water partition coefficient (Wildman–Crippen LogP) is 3.78. The molecule has 2 amide bonds. The molecule has 2 aromatic rings. The van der Waals surface area contributed by atoms with Crippen LogP contribution in [0.3, 0.4) is 0 Å². The number of rotatable bonds is 5. The number of ether oxygens (including phenoxy) is 1. The van der Waals surface area contributed by atoms with E-state index in [4.69, 9.17) is 4.74 Å². The SMILES string of the molecule is CC(C)Oc1ccc(NC(=O)C2(C(=O)N3CCc4ccccc4C3)CC2)cc1. The van der Waals surface area contributed by atoms with Gasteiger partial charge in [0.05, 0.1) is 6.10 Å². The molecule has 146 valence electrons. The van der Waals surface area contributed by atoms with E-state index in [-0.39, 0.29) is 17.9 Å². The van der Waals surface area contributed by atoms with Crippen molar-refractivity contribution in [1.29, 1.82) is 0 Å². The molecule has 1 saturated carbocycles. The van der Waals surface area contributed by atoms with E-state index in [1.165, 1.54) is 11.1 Å². The molecule has 0 radical (unpaired) electrons. The lowest BCUT2D eigenvalue weighted by atomic mass is 9.97. The number of hydrogen-bond donors (Lipinski definition) is 1. The van der Waals surface area contributed by atoms with E-state index in [0.717, 1.165) is 12.2 Å². The van der Waals surface area contributed by atoms with Crippen LogP contribution in [0.1, 0.15) is 37.8 Å². The number of carbonyl (C=O) groups excluding carboxylic acids is 2. The quantitative estimate of drug-likeness (QED) is 0.806. The maximum absolute atomic E-state index is 13.1. The van der Waals surface area contributed by atoms with Crippen LogP contribution in [-0.2, 0) is 22.6 Å². The van der Waals surface area contributed by atoms with Crippen molar-refractivity contribution in [3.05, 3.63) is 59.7 Å². The van der Waals surface area contributed by atoms with Gasteiger partial charge in [0.15, 0.2) is 0 Å². The normalized spacial score (nSPS) is 17.0. The highest BCUT2D eigenvalue weighted by Crippen LogP contribution is 2.48. The minimum absolute atomic E-state index is 0.0423. The fraction of sp³-hybridized carbons (Fsp3) is 0.391. The third-order valence-electron chi connectivity index (χ3n) is 5.50. The number of carbonyl (C=O) groups is 2. The van der Waals surface area contributed by atoms with Crippen LogP contribution in [0.2, 0.25) is 0 Å². The Hall–Kier alpha value is -2.82. The molecule has 0 bridgehead atoms. The molecule has 1 fully saturated rings. The van der Waals surface area contributed by atoms with E-state index in [0.29, 0.717) is 31.6 Å². The highest BCUT2D eigenvalue weighted by molar-refractivity contribution is 6.13. The molecule has 5 heteroatoms. The third-order valence-corrected chi connectivity index (χ3v) is 5.50. The summed E-state index contributed by atoms with van der Waals surface area (Å²) in [6.07, 6.45) is 2.17. The lowest BCUT2D eigenvalue weighted by Gasteiger charge is -2.31. The maximum Gasteiger partial charge on any atom is 0.240 e. The number of hydrogen-bond acceptors (Lipinski definition) is 3. The zero-order valence-corrected chi connectivity index (χ0v) is 16.4. The number of anilines is 1. The first-order chi connectivity index (χ1) is 13.5. The smallest absolute Gasteiger partial charge is 0.240 e. The Morgan fingerprint density at radius 2 is 1.71 bits per heavy atom. The Labute approximate surface area is 165 Å². The summed E-state index contributed by atoms with van der Waals surface area (Å²) in [4.78, 5) is 27.9. The summed E-state index contributed by atoms with van der Waals surface area (Å²) in [6.45, 7) is 5.20. The van der Waals surface area contributed by atoms with Gasteiger partial charge in [0.1, 0.15) is 11.2 Å². The van der Waals surface area contributed by atoms with E-state index >= 15 is 0 Å². The van der Waals surface area contributed by atoms with Gasteiger partial charge in [-0.25, -0.2) is 0 Å². The van der Waals surface area contributed by atoms with E-state index in [2.05, 4.69) is 17.4 Å². The lowest BCUT2D eigenvalue weighted by Crippen LogP contribution is -2.45. The average Bonchev–Trinajstić information content (AvgIpc) is 3.50. The van der Waals surface area contributed by atoms with Crippen molar-refractivity contribution < 1.29 is 14.3 Å². The van der Waals surface area contributed by atoms with Gasteiger partial charge in [0.25, 0.3) is 0 Å². The molecule has 0 aromatic heterocycles. The molecule has 0 spiro atoms. The van der Waals surface area contributed by atoms with Gasteiger partial charge >= 0.3 is 0 Å². The van der Waals surface area contributed by atoms with Gasteiger partial charge in [-0.3, -0.25) is 9.59 Å². The Balaban J connectivity index is 1.42. The molecule has 4 rings (SSSR count). The standard InChI is InChI=1S/C23H26N2O3/c1-16(2)28-20-9-7-19(8-10-20)24-21(26)23(12-13-23)22(27)25-14-11-17-5-3-4-6-18(17)15-25/h3-10,16H,11-15H2,1-2H3,(H,24,26). The van der Waals surface area contributed by atoms with Gasteiger partial charge in [-0.1, -0.05) is 24.3 Å². The second kappa shape index (κ2) is 7.30. The largest absolute Gasteiger partial charge is 0.491 e. The summed E-state index contributed by atoms with van der Waals surface area (Å²) in [5.74, 6) is 0.519. The van der Waals surface area contributed by atoms with Gasteiger partial charge < -0.3 is 15.0 Å². The van der Waals surface area contributed by atoms with Gasteiger partial charge in [-0.05, 0) is 68.5 Å². The summed E-state index contributed by atoms with van der Waals surface area (Å²) in [5, 5.41) is 2.92. The molecule has 28 heavy (non-hydrogen) atoms. The number of benzene rings is 2. The van der Waals surface area contributed by atoms with Crippen molar-refractivity contribution in [2.75, 3.05) is 11.9 Å². The first kappa shape index (κ1) is 18.5. The summed E-state index contributed by atoms with van der Waals surface area (Å²) in [6, 6.07) is 15.5. The second-order valence-electron chi connectivity index (χ2n) is 7.97. The number of fused-ring (bicyclic) bond motifs is 1. The number of nitrogens with zero attached hydrogens (tertiary/aromatic N) is 1. The van der Waals surface area contributed by atoms with Crippen LogP contribution in [0, 0.1) is 5.41 Å². The van der Waals surface area contributed by atoms with Crippen molar-refractivity contribution >= 4 is 17.5 Å². The van der Waals surface area contributed by atoms with Crippen LogP contribution < -0.4 is 10.1 Å². The topological polar surface area (TPSA) is 58.6 Å². The Bertz CT molecular complexity index is 885. The maximum atomic E-state index is 13.1. The summed E-state index contributed by atoms with van der Waals surface area (Å²) in [5.41, 5.74) is 2.26. The van der Waals surface area contributed by atoms with Crippen molar-refractivity contribution in [2.24, 2.45) is 5.41 Å². The van der Waals surface area contributed by atoms with Crippen LogP contribution in [0.5, 0.6) is 5.75 Å². The molecule has 5 nitrogen and oxygen atoms in total. The van der Waals surface area contributed by atoms with E-state index in [1.807, 2.05) is 55.1 Å². The molecule has 2 aliphatic rings. The molecular formula is C23H26N2O3. The molecule has 0 atom stereocenters. The zero-order chi connectivity index (χ0) is 19.7. The first-order valence-corrected chi connectivity index (χ1v) is 9.92. The first-order valence-electron chi connectivity index (χ1n) is 9.92. The summed E-state index contributed by atoms with van der Waals surface area (Å²) < 4.78 is 5.63. The highest BCUT2D eigenvalue weighted by atomic mass is 16.5. The Kier molecular flexibility index (Phi) is 4.84. The zero-order valence-electron chi connectivity index (χ0n) is 16.4. The number of nitrogens with one attached hydrogen (secondary N) is 1. The van der Waals surface area contributed by atoms with Crippen LogP contribution in [0.25, 0.3) is 0 Å². The molecule has 1 heterocycles. The molecule has 1 aliphatic carbocycles. The molecule has 0 saturated heterocycles. The van der Waals surface area contributed by atoms with Crippen molar-refractivity contribution in [2.45, 2.75) is 45.8 Å². The summed E-state index contributed by atoms with van der Waals surface area (Å²) >= 11 is 0. The number of amides is 2. The van der Waals surface area contributed by atoms with Gasteiger partial charge in [0.2, 0.25) is 11.8 Å². The highest BCUT2D eigenvalue weighted by Gasteiger charge is 2.58. The lowest BCUT2D eigenvalue weighted by molar-refractivity contribution is -0.143. The summed E-state index contributed by atoms with van der Waals surface area (Å²) in [7, 11) is 0. The molecule has 2 aromatic carbocycles. The van der Waals surface area contributed by atoms with Crippen LogP contribution in [0.4, 0.5) is 5.69 Å². The van der Waals surface area contributed by atoms with Crippen molar-refractivity contribution in [3.8, 4) is 5.75 Å². The Morgan fingerprint density at radius 3 is 2.36 bits per heavy atom. The molecule has 0 unspecified atom stereocenters. The minimum atomic E-state index is -0.903. The van der Waals surface area contributed by atoms with Crippen LogP contribution in [0.15, 0.2) is 48.5 Å². The van der Waals surface area contributed by atoms with Crippen LogP contribution in [-0.4, -0.2) is 29.4 Å². The Morgan fingerprint density at radius 1 is 1.04 bits per heavy atom. The average molecular weight is 378 g/mol. The van der Waals surface area contributed by atoms with Crippen LogP contribution >= 0.6 is 0 Å². The van der Waals surface area contributed by atoms with Gasteiger partial charge in [-0.15, -0.1) is 0 Å². The van der Waals surface area contributed by atoms with Gasteiger partial charge in [0, 0.05) is 18.8 Å². The monoisotopic (exact) mass is 378 g/mol.